The number of allylic oxidation sites excluding steroid dienone is 1. The molecule has 0 aromatic rings. The Morgan fingerprint density at radius 3 is 1.59 bits per heavy atom. The van der Waals surface area contributed by atoms with E-state index in [1.54, 1.807) is 0 Å². The van der Waals surface area contributed by atoms with E-state index < -0.39 is 18.7 Å². The fraction of sp³-hybridized carbons (Fsp3) is 0.880. The molecule has 1 atom stereocenters. The molecule has 0 spiro atoms. The maximum Gasteiger partial charge on any atom is 0.330 e. The number of esters is 1. The van der Waals surface area contributed by atoms with Crippen LogP contribution in [0.15, 0.2) is 12.2 Å². The zero-order chi connectivity index (χ0) is 21.4. The van der Waals surface area contributed by atoms with Gasteiger partial charge in [0.2, 0.25) is 0 Å². The summed E-state index contributed by atoms with van der Waals surface area (Å²) in [4.78, 5) is 11.3. The van der Waals surface area contributed by atoms with Crippen molar-refractivity contribution in [3.05, 3.63) is 12.2 Å². The summed E-state index contributed by atoms with van der Waals surface area (Å²) in [5.41, 5.74) is 0. The highest BCUT2D eigenvalue weighted by molar-refractivity contribution is 5.81. The molecule has 0 radical (unpaired) electrons. The van der Waals surface area contributed by atoms with Crippen LogP contribution in [0.3, 0.4) is 0 Å². The van der Waals surface area contributed by atoms with Crippen LogP contribution in [0.4, 0.5) is 0 Å². The number of hydrogen-bond acceptors (Lipinski definition) is 4. The van der Waals surface area contributed by atoms with Crippen molar-refractivity contribution < 1.29 is 19.7 Å². The third-order valence-corrected chi connectivity index (χ3v) is 5.36. The van der Waals surface area contributed by atoms with E-state index in [1.807, 2.05) is 6.08 Å². The third-order valence-electron chi connectivity index (χ3n) is 5.36. The Kier molecular flexibility index (Phi) is 22.7. The minimum Gasteiger partial charge on any atom is -0.460 e. The number of aliphatic hydroxyl groups excluding tert-OH is 2. The predicted octanol–water partition coefficient (Wildman–Crippen LogP) is 6.48. The first-order valence-electron chi connectivity index (χ1n) is 12.3. The molecule has 4 nitrogen and oxygen atoms in total. The number of hydrogen-bond donors (Lipinski definition) is 2. The molecule has 0 fully saturated rings. The van der Waals surface area contributed by atoms with Crippen LogP contribution in [0.5, 0.6) is 0 Å². The smallest absolute Gasteiger partial charge is 0.330 e. The van der Waals surface area contributed by atoms with E-state index in [4.69, 9.17) is 14.9 Å². The molecule has 0 aliphatic carbocycles. The van der Waals surface area contributed by atoms with Gasteiger partial charge in [-0.3, -0.25) is 0 Å². The van der Waals surface area contributed by atoms with Crippen molar-refractivity contribution in [3.63, 3.8) is 0 Å². The molecule has 2 N–H and O–H groups in total. The van der Waals surface area contributed by atoms with Crippen molar-refractivity contribution in [2.75, 3.05) is 13.2 Å². The lowest BCUT2D eigenvalue weighted by Gasteiger charge is -2.06. The van der Waals surface area contributed by atoms with E-state index >= 15 is 0 Å². The van der Waals surface area contributed by atoms with Gasteiger partial charge < -0.3 is 14.9 Å². The van der Waals surface area contributed by atoms with Crippen LogP contribution in [0.25, 0.3) is 0 Å². The summed E-state index contributed by atoms with van der Waals surface area (Å²) in [7, 11) is 0. The van der Waals surface area contributed by atoms with Crippen LogP contribution >= 0.6 is 0 Å². The summed E-state index contributed by atoms with van der Waals surface area (Å²) < 4.78 is 4.80. The largest absolute Gasteiger partial charge is 0.460 e. The van der Waals surface area contributed by atoms with Gasteiger partial charge >= 0.3 is 5.97 Å². The lowest BCUT2D eigenvalue weighted by Crippen LogP contribution is -2.21. The number of carbonyl (C=O) groups is 1. The molecule has 0 amide bonds. The van der Waals surface area contributed by atoms with E-state index in [2.05, 4.69) is 6.92 Å². The Balaban J connectivity index is 3.18. The van der Waals surface area contributed by atoms with Crippen LogP contribution in [0, 0.1) is 0 Å². The second kappa shape index (κ2) is 23.4. The molecule has 0 aromatic carbocycles. The molecular formula is C25H48O4. The standard InChI is InChI=1S/C25H48O4/c1-2-3-4-5-6-7-8-9-10-11-12-13-14-15-16-17-18-19-20-21-25(28)29-23-24(27)22-26/h20-21,24,26-27H,2-19,22-23H2,1H3. The van der Waals surface area contributed by atoms with Crippen molar-refractivity contribution in [1.82, 2.24) is 0 Å². The first kappa shape index (κ1) is 28.1. The van der Waals surface area contributed by atoms with Gasteiger partial charge in [0, 0.05) is 6.08 Å². The van der Waals surface area contributed by atoms with Crippen molar-refractivity contribution in [2.45, 2.75) is 129 Å². The molecule has 0 aliphatic rings. The Bertz CT molecular complexity index is 368. The van der Waals surface area contributed by atoms with E-state index in [9.17, 15) is 4.79 Å². The average Bonchev–Trinajstić information content (AvgIpc) is 2.73. The fourth-order valence-electron chi connectivity index (χ4n) is 3.45. The van der Waals surface area contributed by atoms with Gasteiger partial charge in [0.15, 0.2) is 0 Å². The first-order valence-corrected chi connectivity index (χ1v) is 12.3. The second-order valence-corrected chi connectivity index (χ2v) is 8.31. The normalized spacial score (nSPS) is 12.5. The molecule has 0 aromatic heterocycles. The second-order valence-electron chi connectivity index (χ2n) is 8.31. The molecule has 1 unspecified atom stereocenters. The summed E-state index contributed by atoms with van der Waals surface area (Å²) in [5, 5.41) is 17.7. The highest BCUT2D eigenvalue weighted by atomic mass is 16.5. The maximum absolute atomic E-state index is 11.3. The number of aliphatic hydroxyl groups is 2. The van der Waals surface area contributed by atoms with Gasteiger partial charge in [-0.2, -0.15) is 0 Å². The summed E-state index contributed by atoms with van der Waals surface area (Å²) in [5.74, 6) is -0.454. The lowest BCUT2D eigenvalue weighted by atomic mass is 10.0. The molecule has 0 saturated carbocycles. The zero-order valence-electron chi connectivity index (χ0n) is 19.1. The van der Waals surface area contributed by atoms with Gasteiger partial charge in [0.25, 0.3) is 0 Å². The number of unbranched alkanes of at least 4 members (excludes halogenated alkanes) is 17. The summed E-state index contributed by atoms with van der Waals surface area (Å²) >= 11 is 0. The lowest BCUT2D eigenvalue weighted by molar-refractivity contribution is -0.141. The topological polar surface area (TPSA) is 66.8 Å². The van der Waals surface area contributed by atoms with Gasteiger partial charge in [-0.05, 0) is 12.8 Å². The quantitative estimate of drug-likeness (QED) is 0.121. The highest BCUT2D eigenvalue weighted by Crippen LogP contribution is 2.14. The summed E-state index contributed by atoms with van der Waals surface area (Å²) in [6.45, 7) is 1.73. The maximum atomic E-state index is 11.3. The fourth-order valence-corrected chi connectivity index (χ4v) is 3.45. The van der Waals surface area contributed by atoms with Gasteiger partial charge in [0.05, 0.1) is 6.61 Å². The van der Waals surface area contributed by atoms with Crippen LogP contribution in [0.2, 0.25) is 0 Å². The van der Waals surface area contributed by atoms with Crippen LogP contribution in [-0.4, -0.2) is 35.5 Å². The molecule has 0 rings (SSSR count). The predicted molar refractivity (Wildman–Crippen MR) is 122 cm³/mol. The average molecular weight is 413 g/mol. The Labute approximate surface area is 180 Å². The summed E-state index contributed by atoms with van der Waals surface area (Å²) in [6.07, 6.45) is 26.4. The van der Waals surface area contributed by atoms with Crippen LogP contribution in [-0.2, 0) is 9.53 Å². The Morgan fingerprint density at radius 1 is 0.759 bits per heavy atom. The minimum absolute atomic E-state index is 0.154. The van der Waals surface area contributed by atoms with E-state index in [1.165, 1.54) is 109 Å². The zero-order valence-corrected chi connectivity index (χ0v) is 19.1. The molecule has 29 heavy (non-hydrogen) atoms. The van der Waals surface area contributed by atoms with E-state index in [0.717, 1.165) is 12.8 Å². The monoisotopic (exact) mass is 412 g/mol. The Morgan fingerprint density at radius 2 is 1.17 bits per heavy atom. The van der Waals surface area contributed by atoms with Crippen molar-refractivity contribution >= 4 is 5.97 Å². The van der Waals surface area contributed by atoms with Gasteiger partial charge in [0.1, 0.15) is 12.7 Å². The molecule has 0 saturated heterocycles. The Hall–Kier alpha value is -0.870. The van der Waals surface area contributed by atoms with Gasteiger partial charge in [-0.25, -0.2) is 4.79 Å². The first-order chi connectivity index (χ1) is 14.2. The minimum atomic E-state index is -0.988. The molecule has 0 bridgehead atoms. The number of carbonyl (C=O) groups excluding carboxylic acids is 1. The number of ether oxygens (including phenoxy) is 1. The third kappa shape index (κ3) is 23.3. The van der Waals surface area contributed by atoms with E-state index in [-0.39, 0.29) is 6.61 Å². The van der Waals surface area contributed by atoms with Crippen molar-refractivity contribution in [3.8, 4) is 0 Å². The molecule has 0 heterocycles. The van der Waals surface area contributed by atoms with Crippen molar-refractivity contribution in [1.29, 1.82) is 0 Å². The van der Waals surface area contributed by atoms with Gasteiger partial charge in [-0.1, -0.05) is 116 Å². The number of rotatable bonds is 22. The highest BCUT2D eigenvalue weighted by Gasteiger charge is 2.04. The summed E-state index contributed by atoms with van der Waals surface area (Å²) in [6, 6.07) is 0. The molecule has 0 aliphatic heterocycles. The van der Waals surface area contributed by atoms with Gasteiger partial charge in [-0.15, -0.1) is 0 Å². The van der Waals surface area contributed by atoms with Crippen LogP contribution in [0.1, 0.15) is 122 Å². The van der Waals surface area contributed by atoms with Crippen LogP contribution < -0.4 is 0 Å². The molecular weight excluding hydrogens is 364 g/mol. The molecule has 172 valence electrons. The SMILES string of the molecule is CCCCCCCCCCCCCCCCCCCC=CC(=O)OCC(O)CO. The van der Waals surface area contributed by atoms with Crippen molar-refractivity contribution in [2.24, 2.45) is 0 Å². The van der Waals surface area contributed by atoms with E-state index in [0.29, 0.717) is 0 Å². The molecule has 4 heteroatoms.